The number of carboxylic acids is 1. The maximum atomic E-state index is 11.9. The molecule has 20 heavy (non-hydrogen) atoms. The first-order valence-corrected chi connectivity index (χ1v) is 6.93. The van der Waals surface area contributed by atoms with Crippen LogP contribution in [-0.4, -0.2) is 23.1 Å². The highest BCUT2D eigenvalue weighted by Crippen LogP contribution is 2.29. The summed E-state index contributed by atoms with van der Waals surface area (Å²) in [5, 5.41) is 14.5. The molecule has 0 bridgehead atoms. The Morgan fingerprint density at radius 2 is 2.05 bits per heavy atom. The third-order valence-corrected chi connectivity index (χ3v) is 3.82. The van der Waals surface area contributed by atoms with E-state index in [9.17, 15) is 9.59 Å². The molecule has 5 heteroatoms. The predicted molar refractivity (Wildman–Crippen MR) is 76.7 cm³/mol. The lowest BCUT2D eigenvalue weighted by Crippen LogP contribution is -2.42. The van der Waals surface area contributed by atoms with Gasteiger partial charge in [-0.05, 0) is 37.3 Å². The van der Waals surface area contributed by atoms with E-state index < -0.39 is 5.97 Å². The van der Waals surface area contributed by atoms with Crippen LogP contribution in [0.2, 0.25) is 0 Å². The number of aliphatic carboxylic acids is 1. The third-order valence-electron chi connectivity index (χ3n) is 3.82. The Hall–Kier alpha value is -2.04. The zero-order chi connectivity index (χ0) is 14.5. The minimum absolute atomic E-state index is 0.103. The lowest BCUT2D eigenvalue weighted by molar-refractivity contribution is -0.136. The predicted octanol–water partition coefficient (Wildman–Crippen LogP) is 2.62. The van der Waals surface area contributed by atoms with Crippen molar-refractivity contribution in [3.05, 3.63) is 29.8 Å². The van der Waals surface area contributed by atoms with Gasteiger partial charge < -0.3 is 15.7 Å². The molecule has 2 rings (SSSR count). The minimum Gasteiger partial charge on any atom is -0.481 e. The van der Waals surface area contributed by atoms with Gasteiger partial charge in [-0.1, -0.05) is 24.6 Å². The molecular formula is C15H20N2O3. The average Bonchev–Trinajstić information content (AvgIpc) is 2.28. The summed E-state index contributed by atoms with van der Waals surface area (Å²) < 4.78 is 0. The smallest absolute Gasteiger partial charge is 0.319 e. The molecule has 108 valence electrons. The van der Waals surface area contributed by atoms with Crippen LogP contribution in [0.1, 0.15) is 31.7 Å². The van der Waals surface area contributed by atoms with Gasteiger partial charge in [0.15, 0.2) is 0 Å². The Balaban J connectivity index is 1.94. The second kappa shape index (κ2) is 6.41. The molecule has 1 fully saturated rings. The number of anilines is 1. The summed E-state index contributed by atoms with van der Waals surface area (Å²) in [6.45, 7) is 2.01. The lowest BCUT2D eigenvalue weighted by atomic mass is 9.80. The van der Waals surface area contributed by atoms with Crippen LogP contribution in [0.3, 0.4) is 0 Å². The van der Waals surface area contributed by atoms with Crippen molar-refractivity contribution < 1.29 is 14.7 Å². The van der Waals surface area contributed by atoms with Crippen molar-refractivity contribution >= 4 is 17.7 Å². The SMILES string of the molecule is CC(NC(=O)Nc1ccccc1CC(=O)O)C1CCC1. The summed E-state index contributed by atoms with van der Waals surface area (Å²) in [5.74, 6) is -0.350. The highest BCUT2D eigenvalue weighted by atomic mass is 16.4. The molecule has 1 aromatic rings. The first kappa shape index (κ1) is 14.4. The van der Waals surface area contributed by atoms with E-state index >= 15 is 0 Å². The van der Waals surface area contributed by atoms with Gasteiger partial charge in [-0.2, -0.15) is 0 Å². The Kier molecular flexibility index (Phi) is 4.61. The first-order chi connectivity index (χ1) is 9.56. The van der Waals surface area contributed by atoms with E-state index in [0.29, 0.717) is 17.2 Å². The summed E-state index contributed by atoms with van der Waals surface area (Å²) in [7, 11) is 0. The largest absolute Gasteiger partial charge is 0.481 e. The Labute approximate surface area is 118 Å². The molecule has 1 aliphatic rings. The van der Waals surface area contributed by atoms with Crippen LogP contribution in [0.4, 0.5) is 10.5 Å². The van der Waals surface area contributed by atoms with Crippen molar-refractivity contribution in [2.24, 2.45) is 5.92 Å². The van der Waals surface area contributed by atoms with Crippen molar-refractivity contribution in [3.63, 3.8) is 0 Å². The van der Waals surface area contributed by atoms with E-state index in [0.717, 1.165) is 12.8 Å². The summed E-state index contributed by atoms with van der Waals surface area (Å²) in [5.41, 5.74) is 1.15. The number of para-hydroxylation sites is 1. The quantitative estimate of drug-likeness (QED) is 0.773. The molecular weight excluding hydrogens is 256 g/mol. The molecule has 0 heterocycles. The summed E-state index contributed by atoms with van der Waals surface area (Å²) in [6.07, 6.45) is 3.46. The minimum atomic E-state index is -0.914. The Morgan fingerprint density at radius 3 is 2.65 bits per heavy atom. The van der Waals surface area contributed by atoms with Gasteiger partial charge in [0.05, 0.1) is 6.42 Å². The number of rotatable bonds is 5. The van der Waals surface area contributed by atoms with E-state index in [2.05, 4.69) is 10.6 Å². The molecule has 1 saturated carbocycles. The molecule has 0 aromatic heterocycles. The fraction of sp³-hybridized carbons (Fsp3) is 0.467. The van der Waals surface area contributed by atoms with Crippen molar-refractivity contribution in [3.8, 4) is 0 Å². The van der Waals surface area contributed by atoms with Gasteiger partial charge in [-0.25, -0.2) is 4.79 Å². The molecule has 0 saturated heterocycles. The van der Waals surface area contributed by atoms with Gasteiger partial charge in [-0.15, -0.1) is 0 Å². The molecule has 1 atom stereocenters. The van der Waals surface area contributed by atoms with Crippen molar-refractivity contribution in [1.29, 1.82) is 0 Å². The number of hydrogen-bond donors (Lipinski definition) is 3. The topological polar surface area (TPSA) is 78.4 Å². The van der Waals surface area contributed by atoms with Gasteiger partial charge in [0, 0.05) is 11.7 Å². The van der Waals surface area contributed by atoms with E-state index in [1.165, 1.54) is 6.42 Å². The number of amides is 2. The van der Waals surface area contributed by atoms with Crippen molar-refractivity contribution in [1.82, 2.24) is 5.32 Å². The highest BCUT2D eigenvalue weighted by Gasteiger charge is 2.25. The highest BCUT2D eigenvalue weighted by molar-refractivity contribution is 5.91. The van der Waals surface area contributed by atoms with Gasteiger partial charge in [0.1, 0.15) is 0 Å². The second-order valence-corrected chi connectivity index (χ2v) is 5.31. The molecule has 0 radical (unpaired) electrons. The number of nitrogens with one attached hydrogen (secondary N) is 2. The average molecular weight is 276 g/mol. The van der Waals surface area contributed by atoms with Crippen LogP contribution in [0.15, 0.2) is 24.3 Å². The second-order valence-electron chi connectivity index (χ2n) is 5.31. The Bertz CT molecular complexity index is 498. The first-order valence-electron chi connectivity index (χ1n) is 6.93. The van der Waals surface area contributed by atoms with Crippen molar-refractivity contribution in [2.75, 3.05) is 5.32 Å². The van der Waals surface area contributed by atoms with Crippen LogP contribution in [0.5, 0.6) is 0 Å². The number of benzene rings is 1. The van der Waals surface area contributed by atoms with E-state index in [4.69, 9.17) is 5.11 Å². The standard InChI is InChI=1S/C15H20N2O3/c1-10(11-6-4-7-11)16-15(20)17-13-8-3-2-5-12(13)9-14(18)19/h2-3,5,8,10-11H,4,6-7,9H2,1H3,(H,18,19)(H2,16,17,20). The fourth-order valence-electron chi connectivity index (χ4n) is 2.38. The number of urea groups is 1. The lowest BCUT2D eigenvalue weighted by Gasteiger charge is -2.31. The number of carbonyl (C=O) groups is 2. The van der Waals surface area contributed by atoms with Crippen LogP contribution in [0, 0.1) is 5.92 Å². The van der Waals surface area contributed by atoms with Gasteiger partial charge in [-0.3, -0.25) is 4.79 Å². The fourth-order valence-corrected chi connectivity index (χ4v) is 2.38. The molecule has 0 aliphatic heterocycles. The van der Waals surface area contributed by atoms with Crippen LogP contribution in [-0.2, 0) is 11.2 Å². The zero-order valence-corrected chi connectivity index (χ0v) is 11.6. The van der Waals surface area contributed by atoms with Crippen molar-refractivity contribution in [2.45, 2.75) is 38.6 Å². The molecule has 1 aromatic carbocycles. The Morgan fingerprint density at radius 1 is 1.35 bits per heavy atom. The molecule has 1 aliphatic carbocycles. The third kappa shape index (κ3) is 3.73. The van der Waals surface area contributed by atoms with E-state index in [-0.39, 0.29) is 18.5 Å². The van der Waals surface area contributed by atoms with Gasteiger partial charge in [0.2, 0.25) is 0 Å². The normalized spacial score (nSPS) is 16.1. The molecule has 2 amide bonds. The van der Waals surface area contributed by atoms with Gasteiger partial charge >= 0.3 is 12.0 Å². The number of carbonyl (C=O) groups excluding carboxylic acids is 1. The molecule has 0 spiro atoms. The number of hydrogen-bond acceptors (Lipinski definition) is 2. The van der Waals surface area contributed by atoms with E-state index in [1.54, 1.807) is 24.3 Å². The molecule has 5 nitrogen and oxygen atoms in total. The van der Waals surface area contributed by atoms with Crippen LogP contribution < -0.4 is 10.6 Å². The molecule has 1 unspecified atom stereocenters. The summed E-state index contributed by atoms with van der Waals surface area (Å²) in [6, 6.07) is 6.83. The summed E-state index contributed by atoms with van der Waals surface area (Å²) in [4.78, 5) is 22.7. The van der Waals surface area contributed by atoms with Crippen LogP contribution >= 0.6 is 0 Å². The zero-order valence-electron chi connectivity index (χ0n) is 11.6. The van der Waals surface area contributed by atoms with Gasteiger partial charge in [0.25, 0.3) is 0 Å². The molecule has 3 N–H and O–H groups in total. The van der Waals surface area contributed by atoms with E-state index in [1.807, 2.05) is 6.92 Å². The maximum absolute atomic E-state index is 11.9. The van der Waals surface area contributed by atoms with Crippen LogP contribution in [0.25, 0.3) is 0 Å². The number of carboxylic acid groups (broad SMARTS) is 1. The monoisotopic (exact) mass is 276 g/mol. The maximum Gasteiger partial charge on any atom is 0.319 e. The summed E-state index contributed by atoms with van der Waals surface area (Å²) >= 11 is 0.